The lowest BCUT2D eigenvalue weighted by Crippen LogP contribution is -2.68. The molecule has 2 aliphatic heterocycles. The molecule has 2 atom stereocenters. The van der Waals surface area contributed by atoms with Gasteiger partial charge in [0.25, 0.3) is 0 Å². The molecule has 2 aliphatic rings. The Balaban J connectivity index is 2.02. The maximum atomic E-state index is 12.2. The number of rotatable bonds is 0. The molecule has 0 bridgehead atoms. The first kappa shape index (κ1) is 15.1. The first-order chi connectivity index (χ1) is 9.23. The molecule has 6 heteroatoms. The van der Waals surface area contributed by atoms with E-state index in [0.29, 0.717) is 25.9 Å². The molecule has 2 N–H and O–H groups in total. The molecule has 20 heavy (non-hydrogen) atoms. The zero-order valence-corrected chi connectivity index (χ0v) is 12.8. The number of hydrogen-bond donors (Lipinski definition) is 2. The van der Waals surface area contributed by atoms with Gasteiger partial charge in [-0.2, -0.15) is 0 Å². The quantitative estimate of drug-likeness (QED) is 0.692. The molecule has 2 amide bonds. The molecule has 2 rings (SSSR count). The first-order valence-electron chi connectivity index (χ1n) is 7.26. The fourth-order valence-corrected chi connectivity index (χ4v) is 2.93. The van der Waals surface area contributed by atoms with Crippen molar-refractivity contribution in [2.45, 2.75) is 57.7 Å². The van der Waals surface area contributed by atoms with Crippen LogP contribution in [0, 0.1) is 0 Å². The van der Waals surface area contributed by atoms with Crippen LogP contribution in [-0.4, -0.2) is 53.7 Å². The Hall–Kier alpha value is -1.30. The van der Waals surface area contributed by atoms with Gasteiger partial charge in [-0.25, -0.2) is 4.79 Å². The van der Waals surface area contributed by atoms with Crippen molar-refractivity contribution in [2.75, 3.05) is 19.6 Å². The Kier molecular flexibility index (Phi) is 3.95. The number of amides is 2. The van der Waals surface area contributed by atoms with Crippen LogP contribution in [0.25, 0.3) is 0 Å². The molecule has 2 saturated heterocycles. The number of hydrogen-bond acceptors (Lipinski definition) is 4. The van der Waals surface area contributed by atoms with Gasteiger partial charge in [0.15, 0.2) is 0 Å². The van der Waals surface area contributed by atoms with Crippen LogP contribution in [0.3, 0.4) is 0 Å². The second-order valence-electron chi connectivity index (χ2n) is 6.74. The minimum absolute atomic E-state index is 0.0186. The summed E-state index contributed by atoms with van der Waals surface area (Å²) in [6, 6.07) is -0.0186. The van der Waals surface area contributed by atoms with Gasteiger partial charge in [-0.05, 0) is 40.5 Å². The van der Waals surface area contributed by atoms with Crippen LogP contribution in [0.15, 0.2) is 0 Å². The van der Waals surface area contributed by atoms with E-state index in [4.69, 9.17) is 4.74 Å². The van der Waals surface area contributed by atoms with Gasteiger partial charge in [0.2, 0.25) is 5.91 Å². The number of carbonyl (C=O) groups is 2. The standard InChI is InChI=1S/C14H25N3O3/c1-10-9-14(11(18)15-6-7-16-14)5-8-17(10)12(19)20-13(2,3)4/h10,16H,5-9H2,1-4H3,(H,15,18). The summed E-state index contributed by atoms with van der Waals surface area (Å²) in [6.45, 7) is 9.53. The lowest BCUT2D eigenvalue weighted by Gasteiger charge is -2.46. The lowest BCUT2D eigenvalue weighted by molar-refractivity contribution is -0.132. The van der Waals surface area contributed by atoms with Gasteiger partial charge in [-0.15, -0.1) is 0 Å². The van der Waals surface area contributed by atoms with E-state index in [1.54, 1.807) is 4.90 Å². The van der Waals surface area contributed by atoms with E-state index in [9.17, 15) is 9.59 Å². The van der Waals surface area contributed by atoms with Crippen molar-refractivity contribution in [2.24, 2.45) is 0 Å². The van der Waals surface area contributed by atoms with Gasteiger partial charge >= 0.3 is 6.09 Å². The molecule has 0 aromatic rings. The van der Waals surface area contributed by atoms with Gasteiger partial charge in [-0.3, -0.25) is 4.79 Å². The molecule has 0 aromatic heterocycles. The second-order valence-corrected chi connectivity index (χ2v) is 6.74. The summed E-state index contributed by atoms with van der Waals surface area (Å²) in [5.41, 5.74) is -1.01. The summed E-state index contributed by atoms with van der Waals surface area (Å²) >= 11 is 0. The van der Waals surface area contributed by atoms with Crippen molar-refractivity contribution in [3.63, 3.8) is 0 Å². The predicted octanol–water partition coefficient (Wildman–Crippen LogP) is 0.864. The number of ether oxygens (including phenoxy) is 1. The van der Waals surface area contributed by atoms with Crippen LogP contribution in [0.1, 0.15) is 40.5 Å². The molecule has 0 radical (unpaired) electrons. The zero-order valence-electron chi connectivity index (χ0n) is 12.8. The molecule has 2 unspecified atom stereocenters. The molecule has 6 nitrogen and oxygen atoms in total. The summed E-state index contributed by atoms with van der Waals surface area (Å²) < 4.78 is 5.42. The largest absolute Gasteiger partial charge is 0.444 e. The molecule has 2 fully saturated rings. The monoisotopic (exact) mass is 283 g/mol. The zero-order chi connectivity index (χ0) is 15.0. The second kappa shape index (κ2) is 5.24. The number of nitrogens with zero attached hydrogens (tertiary/aromatic N) is 1. The Morgan fingerprint density at radius 1 is 1.40 bits per heavy atom. The normalized spacial score (nSPS) is 31.1. The van der Waals surface area contributed by atoms with Crippen molar-refractivity contribution >= 4 is 12.0 Å². The van der Waals surface area contributed by atoms with Crippen molar-refractivity contribution in [1.29, 1.82) is 0 Å². The highest BCUT2D eigenvalue weighted by Gasteiger charge is 2.46. The fourth-order valence-electron chi connectivity index (χ4n) is 2.93. The summed E-state index contributed by atoms with van der Waals surface area (Å²) in [5.74, 6) is 0.0550. The van der Waals surface area contributed by atoms with E-state index in [-0.39, 0.29) is 18.0 Å². The van der Waals surface area contributed by atoms with E-state index in [0.717, 1.165) is 6.54 Å². The third-order valence-corrected chi connectivity index (χ3v) is 3.89. The van der Waals surface area contributed by atoms with Gasteiger partial charge < -0.3 is 20.3 Å². The molecule has 0 aliphatic carbocycles. The summed E-state index contributed by atoms with van der Waals surface area (Å²) in [4.78, 5) is 26.0. The van der Waals surface area contributed by atoms with E-state index in [2.05, 4.69) is 10.6 Å². The highest BCUT2D eigenvalue weighted by Crippen LogP contribution is 2.29. The van der Waals surface area contributed by atoms with Gasteiger partial charge in [0, 0.05) is 25.7 Å². The van der Waals surface area contributed by atoms with Crippen LogP contribution in [-0.2, 0) is 9.53 Å². The first-order valence-corrected chi connectivity index (χ1v) is 7.26. The van der Waals surface area contributed by atoms with Crippen LogP contribution in [0.5, 0.6) is 0 Å². The Morgan fingerprint density at radius 3 is 2.65 bits per heavy atom. The molecule has 2 heterocycles. The molecule has 114 valence electrons. The smallest absolute Gasteiger partial charge is 0.410 e. The van der Waals surface area contributed by atoms with Crippen LogP contribution in [0.4, 0.5) is 4.79 Å². The highest BCUT2D eigenvalue weighted by atomic mass is 16.6. The van der Waals surface area contributed by atoms with Crippen LogP contribution in [0.2, 0.25) is 0 Å². The van der Waals surface area contributed by atoms with Crippen LogP contribution < -0.4 is 10.6 Å². The minimum Gasteiger partial charge on any atom is -0.444 e. The topological polar surface area (TPSA) is 70.7 Å². The van der Waals surface area contributed by atoms with Gasteiger partial charge in [0.05, 0.1) is 0 Å². The maximum absolute atomic E-state index is 12.2. The average Bonchev–Trinajstić information content (AvgIpc) is 2.31. The molecular formula is C14H25N3O3. The van der Waals surface area contributed by atoms with E-state index in [1.165, 1.54) is 0 Å². The lowest BCUT2D eigenvalue weighted by atomic mass is 9.82. The summed E-state index contributed by atoms with van der Waals surface area (Å²) in [7, 11) is 0. The SMILES string of the molecule is CC1CC2(CCN1C(=O)OC(C)(C)C)NCCNC2=O. The molecule has 0 aromatic carbocycles. The summed E-state index contributed by atoms with van der Waals surface area (Å²) in [5, 5.41) is 6.24. The number of piperazine rings is 1. The van der Waals surface area contributed by atoms with Gasteiger partial charge in [0.1, 0.15) is 11.1 Å². The Morgan fingerprint density at radius 2 is 2.10 bits per heavy atom. The molecule has 1 spiro atoms. The van der Waals surface area contributed by atoms with Crippen LogP contribution >= 0.6 is 0 Å². The highest BCUT2D eigenvalue weighted by molar-refractivity contribution is 5.87. The van der Waals surface area contributed by atoms with E-state index >= 15 is 0 Å². The molecule has 0 saturated carbocycles. The summed E-state index contributed by atoms with van der Waals surface area (Å²) in [6.07, 6.45) is 0.955. The number of carbonyl (C=O) groups excluding carboxylic acids is 2. The average molecular weight is 283 g/mol. The third-order valence-electron chi connectivity index (χ3n) is 3.89. The fraction of sp³-hybridized carbons (Fsp3) is 0.857. The van der Waals surface area contributed by atoms with E-state index < -0.39 is 11.1 Å². The van der Waals surface area contributed by atoms with Gasteiger partial charge in [-0.1, -0.05) is 0 Å². The number of likely N-dealkylation sites (tertiary alicyclic amines) is 1. The Labute approximate surface area is 120 Å². The van der Waals surface area contributed by atoms with Crippen molar-refractivity contribution < 1.29 is 14.3 Å². The van der Waals surface area contributed by atoms with Crippen molar-refractivity contribution in [3.05, 3.63) is 0 Å². The molecular weight excluding hydrogens is 258 g/mol. The van der Waals surface area contributed by atoms with Crippen molar-refractivity contribution in [3.8, 4) is 0 Å². The minimum atomic E-state index is -0.518. The predicted molar refractivity (Wildman–Crippen MR) is 75.4 cm³/mol. The third kappa shape index (κ3) is 3.06. The maximum Gasteiger partial charge on any atom is 0.410 e. The van der Waals surface area contributed by atoms with E-state index in [1.807, 2.05) is 27.7 Å². The van der Waals surface area contributed by atoms with Crippen molar-refractivity contribution in [1.82, 2.24) is 15.5 Å². The number of piperidine rings is 1. The Bertz CT molecular complexity index is 405. The number of nitrogens with one attached hydrogen (secondary N) is 2.